The van der Waals surface area contributed by atoms with E-state index in [9.17, 15) is 14.4 Å². The lowest BCUT2D eigenvalue weighted by Crippen LogP contribution is -2.47. The van der Waals surface area contributed by atoms with Crippen molar-refractivity contribution in [2.24, 2.45) is 5.92 Å². The zero-order valence-corrected chi connectivity index (χ0v) is 17.2. The quantitative estimate of drug-likeness (QED) is 0.615. The Bertz CT molecular complexity index is 868. The van der Waals surface area contributed by atoms with Crippen molar-refractivity contribution in [1.29, 1.82) is 0 Å². The second kappa shape index (κ2) is 10.5. The molecule has 0 fully saturated rings. The van der Waals surface area contributed by atoms with E-state index >= 15 is 0 Å². The summed E-state index contributed by atoms with van der Waals surface area (Å²) < 4.78 is 5.38. The average Bonchev–Trinajstić information content (AvgIpc) is 2.70. The third-order valence-corrected chi connectivity index (χ3v) is 4.34. The number of benzene rings is 2. The summed E-state index contributed by atoms with van der Waals surface area (Å²) in [5, 5.41) is 8.52. The maximum absolute atomic E-state index is 12.7. The van der Waals surface area contributed by atoms with Gasteiger partial charge < -0.3 is 20.7 Å². The number of likely N-dealkylation sites (N-methyl/N-ethyl adjacent to an activating group) is 1. The summed E-state index contributed by atoms with van der Waals surface area (Å²) in [5.41, 5.74) is 0.910. The minimum absolute atomic E-state index is 0.125. The standard InChI is InChI=1S/C21H24ClN3O4/c1-13(2)19(25-20(27)14-7-9-15(22)10-8-14)21(28)24-16-5-4-6-17(11-16)29-12-18(26)23-3/h4-11,13,19H,12H2,1-3H3,(H,23,26)(H,24,28)(H,25,27). The van der Waals surface area contributed by atoms with Crippen LogP contribution in [-0.4, -0.2) is 37.4 Å². The van der Waals surface area contributed by atoms with Crippen LogP contribution in [0, 0.1) is 5.92 Å². The zero-order valence-electron chi connectivity index (χ0n) is 16.5. The number of carbonyl (C=O) groups excluding carboxylic acids is 3. The smallest absolute Gasteiger partial charge is 0.257 e. The van der Waals surface area contributed by atoms with Crippen molar-refractivity contribution in [1.82, 2.24) is 10.6 Å². The van der Waals surface area contributed by atoms with Crippen molar-refractivity contribution in [3.8, 4) is 5.75 Å². The van der Waals surface area contributed by atoms with Gasteiger partial charge in [0.15, 0.2) is 6.61 Å². The molecule has 0 spiro atoms. The molecule has 0 aromatic heterocycles. The predicted molar refractivity (Wildman–Crippen MR) is 112 cm³/mol. The van der Waals surface area contributed by atoms with E-state index in [2.05, 4.69) is 16.0 Å². The number of hydrogen-bond donors (Lipinski definition) is 3. The van der Waals surface area contributed by atoms with Crippen LogP contribution in [0.5, 0.6) is 5.75 Å². The Morgan fingerprint density at radius 1 is 1.07 bits per heavy atom. The predicted octanol–water partition coefficient (Wildman–Crippen LogP) is 2.86. The van der Waals surface area contributed by atoms with Gasteiger partial charge in [-0.15, -0.1) is 0 Å². The molecule has 2 aromatic carbocycles. The van der Waals surface area contributed by atoms with Crippen molar-refractivity contribution < 1.29 is 19.1 Å². The van der Waals surface area contributed by atoms with E-state index in [0.29, 0.717) is 22.0 Å². The average molecular weight is 418 g/mol. The Labute approximate surface area is 174 Å². The summed E-state index contributed by atoms with van der Waals surface area (Å²) >= 11 is 5.85. The van der Waals surface area contributed by atoms with Gasteiger partial charge in [-0.2, -0.15) is 0 Å². The summed E-state index contributed by atoms with van der Waals surface area (Å²) in [5.74, 6) is -0.676. The lowest BCUT2D eigenvalue weighted by atomic mass is 10.0. The van der Waals surface area contributed by atoms with Gasteiger partial charge in [0, 0.05) is 29.4 Å². The molecular weight excluding hydrogens is 394 g/mol. The first-order chi connectivity index (χ1) is 13.8. The first-order valence-electron chi connectivity index (χ1n) is 9.11. The van der Waals surface area contributed by atoms with E-state index in [4.69, 9.17) is 16.3 Å². The van der Waals surface area contributed by atoms with E-state index in [0.717, 1.165) is 0 Å². The van der Waals surface area contributed by atoms with Crippen LogP contribution in [0.2, 0.25) is 5.02 Å². The third kappa shape index (κ3) is 6.80. The van der Waals surface area contributed by atoms with Crippen molar-refractivity contribution in [2.45, 2.75) is 19.9 Å². The van der Waals surface area contributed by atoms with Gasteiger partial charge in [0.2, 0.25) is 5.91 Å². The lowest BCUT2D eigenvalue weighted by Gasteiger charge is -2.22. The number of anilines is 1. The molecule has 0 aliphatic rings. The van der Waals surface area contributed by atoms with Gasteiger partial charge in [0.1, 0.15) is 11.8 Å². The molecule has 3 amide bonds. The van der Waals surface area contributed by atoms with Gasteiger partial charge in [-0.25, -0.2) is 0 Å². The maximum atomic E-state index is 12.7. The first kappa shape index (κ1) is 22.2. The Kier molecular flexibility index (Phi) is 8.03. The molecule has 0 aliphatic carbocycles. The maximum Gasteiger partial charge on any atom is 0.257 e. The molecule has 154 valence electrons. The van der Waals surface area contributed by atoms with Crippen LogP contribution in [0.15, 0.2) is 48.5 Å². The Morgan fingerprint density at radius 3 is 2.38 bits per heavy atom. The van der Waals surface area contributed by atoms with Crippen LogP contribution in [-0.2, 0) is 9.59 Å². The van der Waals surface area contributed by atoms with E-state index in [1.165, 1.54) is 7.05 Å². The largest absolute Gasteiger partial charge is 0.484 e. The topological polar surface area (TPSA) is 96.5 Å². The Morgan fingerprint density at radius 2 is 1.76 bits per heavy atom. The minimum atomic E-state index is -0.742. The van der Waals surface area contributed by atoms with E-state index in [1.54, 1.807) is 48.5 Å². The van der Waals surface area contributed by atoms with Crippen LogP contribution in [0.1, 0.15) is 24.2 Å². The molecule has 2 rings (SSSR count). The Balaban J connectivity index is 2.04. The summed E-state index contributed by atoms with van der Waals surface area (Å²) in [6.07, 6.45) is 0. The molecule has 0 aliphatic heterocycles. The number of carbonyl (C=O) groups is 3. The second-order valence-corrected chi connectivity index (χ2v) is 7.12. The summed E-state index contributed by atoms with van der Waals surface area (Å²) in [6, 6.07) is 12.4. The number of rotatable bonds is 8. The van der Waals surface area contributed by atoms with E-state index in [-0.39, 0.29) is 30.2 Å². The van der Waals surface area contributed by atoms with Gasteiger partial charge in [-0.3, -0.25) is 14.4 Å². The fourth-order valence-electron chi connectivity index (χ4n) is 2.47. The van der Waals surface area contributed by atoms with Crippen molar-refractivity contribution in [3.05, 3.63) is 59.1 Å². The fraction of sp³-hybridized carbons (Fsp3) is 0.286. The minimum Gasteiger partial charge on any atom is -0.484 e. The molecule has 0 saturated carbocycles. The van der Waals surface area contributed by atoms with Crippen LogP contribution in [0.25, 0.3) is 0 Å². The molecule has 0 bridgehead atoms. The van der Waals surface area contributed by atoms with Crippen LogP contribution in [0.4, 0.5) is 5.69 Å². The monoisotopic (exact) mass is 417 g/mol. The number of halogens is 1. The van der Waals surface area contributed by atoms with Crippen molar-refractivity contribution in [2.75, 3.05) is 19.0 Å². The van der Waals surface area contributed by atoms with Crippen molar-refractivity contribution >= 4 is 35.0 Å². The number of nitrogens with one attached hydrogen (secondary N) is 3. The molecule has 1 unspecified atom stereocenters. The SMILES string of the molecule is CNC(=O)COc1cccc(NC(=O)C(NC(=O)c2ccc(Cl)cc2)C(C)C)c1. The molecule has 1 atom stereocenters. The highest BCUT2D eigenvalue weighted by Gasteiger charge is 2.25. The summed E-state index contributed by atoms with van der Waals surface area (Å²) in [7, 11) is 1.52. The highest BCUT2D eigenvalue weighted by molar-refractivity contribution is 6.30. The molecule has 29 heavy (non-hydrogen) atoms. The van der Waals surface area contributed by atoms with Gasteiger partial charge in [0.25, 0.3) is 11.8 Å². The van der Waals surface area contributed by atoms with E-state index < -0.39 is 6.04 Å². The first-order valence-corrected chi connectivity index (χ1v) is 9.48. The lowest BCUT2D eigenvalue weighted by molar-refractivity contribution is -0.122. The van der Waals surface area contributed by atoms with Crippen LogP contribution < -0.4 is 20.7 Å². The highest BCUT2D eigenvalue weighted by Crippen LogP contribution is 2.18. The van der Waals surface area contributed by atoms with Crippen LogP contribution >= 0.6 is 11.6 Å². The molecule has 2 aromatic rings. The summed E-state index contributed by atoms with van der Waals surface area (Å²) in [4.78, 5) is 36.5. The Hall–Kier alpha value is -3.06. The molecule has 0 radical (unpaired) electrons. The van der Waals surface area contributed by atoms with Gasteiger partial charge in [-0.05, 0) is 42.3 Å². The molecule has 8 heteroatoms. The fourth-order valence-corrected chi connectivity index (χ4v) is 2.59. The number of ether oxygens (including phenoxy) is 1. The number of hydrogen-bond acceptors (Lipinski definition) is 4. The zero-order chi connectivity index (χ0) is 21.4. The molecule has 0 heterocycles. The third-order valence-electron chi connectivity index (χ3n) is 4.09. The molecule has 3 N–H and O–H groups in total. The van der Waals surface area contributed by atoms with Crippen molar-refractivity contribution in [3.63, 3.8) is 0 Å². The van der Waals surface area contributed by atoms with E-state index in [1.807, 2.05) is 13.8 Å². The van der Waals surface area contributed by atoms with Crippen LogP contribution in [0.3, 0.4) is 0 Å². The molecule has 7 nitrogen and oxygen atoms in total. The van der Waals surface area contributed by atoms with Gasteiger partial charge in [0.05, 0.1) is 0 Å². The molecular formula is C21H24ClN3O4. The van der Waals surface area contributed by atoms with Gasteiger partial charge >= 0.3 is 0 Å². The highest BCUT2D eigenvalue weighted by atomic mass is 35.5. The summed E-state index contributed by atoms with van der Waals surface area (Å²) in [6.45, 7) is 3.56. The number of amides is 3. The molecule has 0 saturated heterocycles. The normalized spacial score (nSPS) is 11.5. The second-order valence-electron chi connectivity index (χ2n) is 6.68. The van der Waals surface area contributed by atoms with Gasteiger partial charge in [-0.1, -0.05) is 31.5 Å².